The topological polar surface area (TPSA) is 151 Å². The highest BCUT2D eigenvalue weighted by molar-refractivity contribution is 5.77. The van der Waals surface area contributed by atoms with E-state index < -0.39 is 6.04 Å². The van der Waals surface area contributed by atoms with Crippen LogP contribution >= 0.6 is 0 Å². The molecule has 37 heavy (non-hydrogen) atoms. The second-order valence-corrected chi connectivity index (χ2v) is 10.2. The molecular weight excluding hydrogens is 468 g/mol. The number of rotatable bonds is 7. The van der Waals surface area contributed by atoms with Crippen LogP contribution in [0.4, 0.5) is 5.69 Å². The van der Waals surface area contributed by atoms with E-state index in [9.17, 15) is 10.1 Å². The monoisotopic (exact) mass is 492 g/mol. The van der Waals surface area contributed by atoms with Gasteiger partial charge in [0, 0.05) is 29.5 Å². The normalized spacial score (nSPS) is 23.0. The molecule has 2 saturated carbocycles. The average Bonchev–Trinajstić information content (AvgIpc) is 3.71. The number of aromatic nitrogens is 7. The lowest BCUT2D eigenvalue weighted by molar-refractivity contribution is -0.109. The summed E-state index contributed by atoms with van der Waals surface area (Å²) in [5, 5.41) is 36.0. The van der Waals surface area contributed by atoms with E-state index in [1.807, 2.05) is 6.20 Å². The lowest BCUT2D eigenvalue weighted by atomic mass is 9.79. The quantitative estimate of drug-likeness (QED) is 0.383. The molecule has 2 fully saturated rings. The maximum Gasteiger partial charge on any atom is 0.164 e. The van der Waals surface area contributed by atoms with E-state index in [0.29, 0.717) is 34.8 Å². The van der Waals surface area contributed by atoms with Crippen LogP contribution in [0, 0.1) is 28.1 Å². The zero-order chi connectivity index (χ0) is 25.6. The van der Waals surface area contributed by atoms with Crippen molar-refractivity contribution < 1.29 is 4.79 Å². The molecule has 0 unspecified atom stereocenters. The number of hydrogen-bond donors (Lipinski definition) is 1. The zero-order valence-corrected chi connectivity index (χ0v) is 20.3. The van der Waals surface area contributed by atoms with E-state index in [1.54, 1.807) is 40.8 Å². The van der Waals surface area contributed by atoms with Crippen molar-refractivity contribution in [3.63, 3.8) is 0 Å². The zero-order valence-electron chi connectivity index (χ0n) is 20.3. The second kappa shape index (κ2) is 8.49. The van der Waals surface area contributed by atoms with Crippen LogP contribution in [0.2, 0.25) is 0 Å². The molecule has 1 N–H and O–H groups in total. The number of aldehydes is 1. The summed E-state index contributed by atoms with van der Waals surface area (Å²) in [6.07, 6.45) is 13.5. The fourth-order valence-electron chi connectivity index (χ4n) is 6.02. The number of anilines is 1. The molecule has 11 nitrogen and oxygen atoms in total. The van der Waals surface area contributed by atoms with Crippen molar-refractivity contribution >= 4 is 23.0 Å². The fourth-order valence-corrected chi connectivity index (χ4v) is 6.02. The van der Waals surface area contributed by atoms with Crippen molar-refractivity contribution in [2.24, 2.45) is 5.41 Å². The number of pyridine rings is 2. The van der Waals surface area contributed by atoms with Gasteiger partial charge in [0.05, 0.1) is 41.6 Å². The molecule has 4 aromatic rings. The van der Waals surface area contributed by atoms with Gasteiger partial charge in [0.15, 0.2) is 11.5 Å². The summed E-state index contributed by atoms with van der Waals surface area (Å²) < 4.78 is 3.29. The number of hydrogen-bond acceptors (Lipinski definition) is 9. The third-order valence-electron chi connectivity index (χ3n) is 7.97. The molecule has 4 heterocycles. The maximum absolute atomic E-state index is 11.2. The predicted molar refractivity (Wildman–Crippen MR) is 133 cm³/mol. The van der Waals surface area contributed by atoms with Gasteiger partial charge in [-0.1, -0.05) is 5.21 Å². The number of nitrogens with one attached hydrogen (secondary N) is 1. The SMILES string of the molecule is C[C@H](C#N)Nc1cc(-n2ncc3cc(C#N)cnc32)ncc1-n1cc(C23CCC(CC=O)(CC2)C3)nn1. The van der Waals surface area contributed by atoms with Crippen LogP contribution in [0.15, 0.2) is 36.9 Å². The highest BCUT2D eigenvalue weighted by Gasteiger charge is 2.55. The second-order valence-electron chi connectivity index (χ2n) is 10.2. The lowest BCUT2D eigenvalue weighted by Gasteiger charge is -2.25. The summed E-state index contributed by atoms with van der Waals surface area (Å²) in [5.41, 5.74) is 3.35. The number of carbonyl (C=O) groups excluding carboxylic acids is 1. The van der Waals surface area contributed by atoms with Gasteiger partial charge >= 0.3 is 0 Å². The van der Waals surface area contributed by atoms with E-state index in [4.69, 9.17) is 5.26 Å². The summed E-state index contributed by atoms with van der Waals surface area (Å²) in [5.74, 6) is 0.507. The molecule has 2 aliphatic rings. The van der Waals surface area contributed by atoms with Crippen LogP contribution in [0.3, 0.4) is 0 Å². The lowest BCUT2D eigenvalue weighted by Crippen LogP contribution is -2.20. The van der Waals surface area contributed by atoms with Crippen molar-refractivity contribution in [2.45, 2.75) is 56.9 Å². The van der Waals surface area contributed by atoms with Crippen molar-refractivity contribution in [1.29, 1.82) is 10.5 Å². The third-order valence-corrected chi connectivity index (χ3v) is 7.97. The summed E-state index contributed by atoms with van der Waals surface area (Å²) in [6.45, 7) is 1.77. The van der Waals surface area contributed by atoms with Gasteiger partial charge in [-0.15, -0.1) is 5.10 Å². The van der Waals surface area contributed by atoms with Crippen LogP contribution in [0.25, 0.3) is 22.5 Å². The Morgan fingerprint density at radius 1 is 1.16 bits per heavy atom. The first kappa shape index (κ1) is 22.8. The molecule has 0 saturated heterocycles. The van der Waals surface area contributed by atoms with E-state index >= 15 is 0 Å². The van der Waals surface area contributed by atoms with Crippen LogP contribution in [-0.4, -0.2) is 47.1 Å². The Morgan fingerprint density at radius 2 is 2.00 bits per heavy atom. The summed E-state index contributed by atoms with van der Waals surface area (Å²) in [4.78, 5) is 20.2. The van der Waals surface area contributed by atoms with Crippen LogP contribution in [0.5, 0.6) is 0 Å². The molecule has 1 atom stereocenters. The molecule has 6 rings (SSSR count). The van der Waals surface area contributed by atoms with Gasteiger partial charge in [-0.05, 0) is 50.5 Å². The summed E-state index contributed by atoms with van der Waals surface area (Å²) in [6, 6.07) is 7.35. The average molecular weight is 493 g/mol. The van der Waals surface area contributed by atoms with E-state index in [-0.39, 0.29) is 10.8 Å². The van der Waals surface area contributed by atoms with Gasteiger partial charge in [-0.25, -0.2) is 14.6 Å². The van der Waals surface area contributed by atoms with Crippen molar-refractivity contribution in [1.82, 2.24) is 34.7 Å². The van der Waals surface area contributed by atoms with Gasteiger partial charge in [0.25, 0.3) is 0 Å². The molecule has 11 heteroatoms. The minimum Gasteiger partial charge on any atom is -0.368 e. The molecule has 2 aliphatic carbocycles. The molecule has 0 aromatic carbocycles. The summed E-state index contributed by atoms with van der Waals surface area (Å²) >= 11 is 0. The number of carbonyl (C=O) groups is 1. The molecule has 2 bridgehead atoms. The Morgan fingerprint density at radius 3 is 2.76 bits per heavy atom. The van der Waals surface area contributed by atoms with Gasteiger partial charge < -0.3 is 10.1 Å². The number of nitriles is 2. The van der Waals surface area contributed by atoms with E-state index in [0.717, 1.165) is 49.5 Å². The Balaban J connectivity index is 1.37. The molecule has 0 spiro atoms. The van der Waals surface area contributed by atoms with E-state index in [1.165, 1.54) is 6.20 Å². The Labute approximate surface area is 212 Å². The fraction of sp³-hybridized carbons (Fsp3) is 0.385. The first-order valence-corrected chi connectivity index (χ1v) is 12.3. The van der Waals surface area contributed by atoms with E-state index in [2.05, 4.69) is 42.8 Å². The Kier molecular flexibility index (Phi) is 5.23. The molecule has 184 valence electrons. The van der Waals surface area contributed by atoms with Gasteiger partial charge in [0.2, 0.25) is 0 Å². The van der Waals surface area contributed by atoms with Crippen LogP contribution in [-0.2, 0) is 10.2 Å². The number of fused-ring (bicyclic) bond motifs is 3. The Bertz CT molecular complexity index is 1600. The highest BCUT2D eigenvalue weighted by atomic mass is 16.1. The minimum atomic E-state index is -0.463. The minimum absolute atomic E-state index is 0.0376. The highest BCUT2D eigenvalue weighted by Crippen LogP contribution is 2.63. The molecule has 0 amide bonds. The number of nitrogens with zero attached hydrogens (tertiary/aromatic N) is 9. The standard InChI is InChI=1S/C26H24N10O/c1-17(10-27)32-20-9-23(36-24-19(13-31-36)8-18(11-28)12-30-24)29-14-21(20)35-15-22(33-34-35)26-4-2-25(16-26,3-5-26)6-7-37/h7-9,12-15,17H,2-6,16H2,1H3,(H,29,32)/t17-,25?,26?/m1/s1. The first-order chi connectivity index (χ1) is 18.0. The molecule has 0 aliphatic heterocycles. The molecular formula is C26H24N10O. The first-order valence-electron chi connectivity index (χ1n) is 12.3. The predicted octanol–water partition coefficient (Wildman–Crippen LogP) is 3.38. The largest absolute Gasteiger partial charge is 0.368 e. The van der Waals surface area contributed by atoms with Crippen molar-refractivity contribution in [2.75, 3.05) is 5.32 Å². The Hall–Kier alpha value is -4.64. The van der Waals surface area contributed by atoms with Crippen molar-refractivity contribution in [3.05, 3.63) is 48.2 Å². The van der Waals surface area contributed by atoms with Gasteiger partial charge in [-0.3, -0.25) is 0 Å². The van der Waals surface area contributed by atoms with Crippen LogP contribution < -0.4 is 5.32 Å². The van der Waals surface area contributed by atoms with Gasteiger partial charge in [-0.2, -0.15) is 20.3 Å². The molecule has 4 aromatic heterocycles. The molecule has 0 radical (unpaired) electrons. The van der Waals surface area contributed by atoms with Crippen molar-refractivity contribution in [3.8, 4) is 23.6 Å². The maximum atomic E-state index is 11.2. The summed E-state index contributed by atoms with van der Waals surface area (Å²) in [7, 11) is 0. The third kappa shape index (κ3) is 3.71. The van der Waals surface area contributed by atoms with Gasteiger partial charge in [0.1, 0.15) is 24.1 Å². The smallest absolute Gasteiger partial charge is 0.164 e. The van der Waals surface area contributed by atoms with Crippen LogP contribution in [0.1, 0.15) is 56.7 Å².